The normalized spacial score (nSPS) is 23.7. The second-order valence-electron chi connectivity index (χ2n) is 4.29. The largest absolute Gasteiger partial charge is 0.481 e. The summed E-state index contributed by atoms with van der Waals surface area (Å²) in [4.78, 5) is 11.0. The molecule has 1 aliphatic rings. The molecule has 2 unspecified atom stereocenters. The molecule has 9 heteroatoms. The minimum atomic E-state index is -3.72. The Kier molecular flexibility index (Phi) is 4.56. The number of nitrogens with one attached hydrogen (secondary N) is 1. The standard InChI is InChI=1S/C10H11BrClNO4S2/c11-9-6(12)4-8(18-9)19(16,17)13-7-3-1-2-5(7)10(14)15/h4-5,7,13H,1-3H2,(H,14,15). The van der Waals surface area contributed by atoms with Gasteiger partial charge in [0, 0.05) is 6.04 Å². The third kappa shape index (κ3) is 3.30. The van der Waals surface area contributed by atoms with Crippen LogP contribution >= 0.6 is 38.9 Å². The second-order valence-corrected chi connectivity index (χ2v) is 9.01. The summed E-state index contributed by atoms with van der Waals surface area (Å²) in [5.74, 6) is -1.62. The second kappa shape index (κ2) is 5.69. The summed E-state index contributed by atoms with van der Waals surface area (Å²) in [6.45, 7) is 0. The number of thiophene rings is 1. The molecule has 1 aliphatic carbocycles. The molecule has 0 radical (unpaired) electrons. The molecule has 106 valence electrons. The Morgan fingerprint density at radius 3 is 2.74 bits per heavy atom. The number of hydrogen-bond donors (Lipinski definition) is 2. The van der Waals surface area contributed by atoms with E-state index >= 15 is 0 Å². The smallest absolute Gasteiger partial charge is 0.308 e. The van der Waals surface area contributed by atoms with Gasteiger partial charge in [-0.1, -0.05) is 18.0 Å². The van der Waals surface area contributed by atoms with E-state index in [1.165, 1.54) is 6.07 Å². The maximum Gasteiger partial charge on any atom is 0.308 e. The number of rotatable bonds is 4. The Labute approximate surface area is 128 Å². The van der Waals surface area contributed by atoms with E-state index in [1.807, 2.05) is 0 Å². The van der Waals surface area contributed by atoms with E-state index in [1.54, 1.807) is 0 Å². The molecule has 1 saturated carbocycles. The number of halogens is 2. The Balaban J connectivity index is 2.20. The van der Waals surface area contributed by atoms with Gasteiger partial charge in [0.25, 0.3) is 0 Å². The number of carbonyl (C=O) groups is 1. The fourth-order valence-corrected chi connectivity index (χ4v) is 5.84. The van der Waals surface area contributed by atoms with E-state index in [-0.39, 0.29) is 4.21 Å². The van der Waals surface area contributed by atoms with Gasteiger partial charge in [0.05, 0.1) is 14.7 Å². The average molecular weight is 389 g/mol. The van der Waals surface area contributed by atoms with Crippen LogP contribution in [-0.2, 0) is 14.8 Å². The molecule has 0 spiro atoms. The van der Waals surface area contributed by atoms with E-state index in [0.29, 0.717) is 28.1 Å². The Morgan fingerprint density at radius 1 is 1.53 bits per heavy atom. The number of carboxylic acid groups (broad SMARTS) is 1. The average Bonchev–Trinajstić information content (AvgIpc) is 2.87. The Bertz CT molecular complexity index is 581. The highest BCUT2D eigenvalue weighted by atomic mass is 79.9. The summed E-state index contributed by atoms with van der Waals surface area (Å²) in [5, 5.41) is 9.36. The zero-order valence-corrected chi connectivity index (χ0v) is 13.6. The van der Waals surface area contributed by atoms with Crippen molar-refractivity contribution >= 4 is 54.9 Å². The topological polar surface area (TPSA) is 83.5 Å². The lowest BCUT2D eigenvalue weighted by atomic mass is 10.1. The number of carboxylic acids is 1. The molecular formula is C10H11BrClNO4S2. The quantitative estimate of drug-likeness (QED) is 0.830. The predicted molar refractivity (Wildman–Crippen MR) is 76.1 cm³/mol. The maximum atomic E-state index is 12.1. The van der Waals surface area contributed by atoms with Gasteiger partial charge in [-0.15, -0.1) is 11.3 Å². The summed E-state index contributed by atoms with van der Waals surface area (Å²) < 4.78 is 27.4. The van der Waals surface area contributed by atoms with Gasteiger partial charge in [0.15, 0.2) is 0 Å². The minimum absolute atomic E-state index is 0.0837. The van der Waals surface area contributed by atoms with Gasteiger partial charge < -0.3 is 5.11 Å². The molecule has 2 atom stereocenters. The molecule has 0 bridgehead atoms. The van der Waals surface area contributed by atoms with Gasteiger partial charge >= 0.3 is 5.97 Å². The van der Waals surface area contributed by atoms with Crippen LogP contribution in [0.3, 0.4) is 0 Å². The van der Waals surface area contributed by atoms with Crippen LogP contribution in [0.4, 0.5) is 0 Å². The molecule has 2 N–H and O–H groups in total. The monoisotopic (exact) mass is 387 g/mol. The third-order valence-electron chi connectivity index (χ3n) is 3.03. The molecule has 1 fully saturated rings. The fraction of sp³-hybridized carbons (Fsp3) is 0.500. The molecule has 0 saturated heterocycles. The molecule has 0 amide bonds. The van der Waals surface area contributed by atoms with Gasteiger partial charge in [0.1, 0.15) is 4.21 Å². The first-order valence-corrected chi connectivity index (χ1v) is 8.98. The van der Waals surface area contributed by atoms with Gasteiger partial charge in [-0.25, -0.2) is 13.1 Å². The number of hydrogen-bond acceptors (Lipinski definition) is 4. The van der Waals surface area contributed by atoms with Gasteiger partial charge in [0.2, 0.25) is 10.0 Å². The molecule has 1 aromatic rings. The van der Waals surface area contributed by atoms with Gasteiger partial charge in [-0.3, -0.25) is 4.79 Å². The molecule has 5 nitrogen and oxygen atoms in total. The molecule has 2 rings (SSSR count). The lowest BCUT2D eigenvalue weighted by molar-refractivity contribution is -0.141. The highest BCUT2D eigenvalue weighted by molar-refractivity contribution is 9.11. The highest BCUT2D eigenvalue weighted by Gasteiger charge is 2.36. The predicted octanol–water partition coefficient (Wildman–Crippen LogP) is 2.70. The summed E-state index contributed by atoms with van der Waals surface area (Å²) in [6.07, 6.45) is 1.74. The van der Waals surface area contributed by atoms with Crippen molar-refractivity contribution in [1.29, 1.82) is 0 Å². The summed E-state index contributed by atoms with van der Waals surface area (Å²) >= 11 is 9.97. The lowest BCUT2D eigenvalue weighted by Crippen LogP contribution is -2.39. The van der Waals surface area contributed by atoms with Crippen molar-refractivity contribution < 1.29 is 18.3 Å². The van der Waals surface area contributed by atoms with E-state index in [9.17, 15) is 13.2 Å². The van der Waals surface area contributed by atoms with Gasteiger partial charge in [-0.05, 0) is 34.8 Å². The molecule has 1 aromatic heterocycles. The van der Waals surface area contributed by atoms with E-state index in [2.05, 4.69) is 20.7 Å². The summed E-state index contributed by atoms with van der Waals surface area (Å²) in [5.41, 5.74) is 0. The van der Waals surface area contributed by atoms with Crippen LogP contribution in [0.5, 0.6) is 0 Å². The van der Waals surface area contributed by atoms with Crippen molar-refractivity contribution in [2.45, 2.75) is 29.5 Å². The van der Waals surface area contributed by atoms with Crippen molar-refractivity contribution in [2.75, 3.05) is 0 Å². The highest BCUT2D eigenvalue weighted by Crippen LogP contribution is 2.35. The Morgan fingerprint density at radius 2 is 2.21 bits per heavy atom. The van der Waals surface area contributed by atoms with Crippen LogP contribution in [0.1, 0.15) is 19.3 Å². The summed E-state index contributed by atoms with van der Waals surface area (Å²) in [7, 11) is -3.72. The first kappa shape index (κ1) is 15.2. The van der Waals surface area contributed by atoms with Crippen LogP contribution in [0.15, 0.2) is 14.1 Å². The van der Waals surface area contributed by atoms with Crippen molar-refractivity contribution in [2.24, 2.45) is 5.92 Å². The first-order chi connectivity index (χ1) is 8.81. The zero-order valence-electron chi connectivity index (χ0n) is 9.60. The lowest BCUT2D eigenvalue weighted by Gasteiger charge is -2.16. The fourth-order valence-electron chi connectivity index (χ4n) is 2.11. The molecule has 19 heavy (non-hydrogen) atoms. The summed E-state index contributed by atoms with van der Waals surface area (Å²) in [6, 6.07) is 0.797. The van der Waals surface area contributed by atoms with Crippen LogP contribution in [0.25, 0.3) is 0 Å². The SMILES string of the molecule is O=C(O)C1CCCC1NS(=O)(=O)c1cc(Cl)c(Br)s1. The van der Waals surface area contributed by atoms with Gasteiger partial charge in [-0.2, -0.15) is 0 Å². The molecule has 0 aromatic carbocycles. The minimum Gasteiger partial charge on any atom is -0.481 e. The number of aliphatic carboxylic acids is 1. The van der Waals surface area contributed by atoms with Crippen LogP contribution in [-0.4, -0.2) is 25.5 Å². The molecule has 0 aliphatic heterocycles. The maximum absolute atomic E-state index is 12.1. The van der Waals surface area contributed by atoms with Crippen molar-refractivity contribution in [1.82, 2.24) is 4.72 Å². The zero-order chi connectivity index (χ0) is 14.2. The van der Waals surface area contributed by atoms with Crippen LogP contribution in [0, 0.1) is 5.92 Å². The van der Waals surface area contributed by atoms with Crippen molar-refractivity contribution in [3.8, 4) is 0 Å². The number of sulfonamides is 1. The molecular weight excluding hydrogens is 378 g/mol. The third-order valence-corrected chi connectivity index (χ3v) is 7.47. The van der Waals surface area contributed by atoms with Crippen molar-refractivity contribution in [3.63, 3.8) is 0 Å². The van der Waals surface area contributed by atoms with E-state index in [0.717, 1.165) is 11.3 Å². The van der Waals surface area contributed by atoms with Crippen molar-refractivity contribution in [3.05, 3.63) is 14.9 Å². The van der Waals surface area contributed by atoms with Crippen LogP contribution in [0.2, 0.25) is 5.02 Å². The Hall–Kier alpha value is -0.150. The van der Waals surface area contributed by atoms with E-state index in [4.69, 9.17) is 16.7 Å². The van der Waals surface area contributed by atoms with Crippen LogP contribution < -0.4 is 4.72 Å². The van der Waals surface area contributed by atoms with E-state index < -0.39 is 28.0 Å². The first-order valence-electron chi connectivity index (χ1n) is 5.51. The molecule has 1 heterocycles.